The Labute approximate surface area is 407 Å². The van der Waals surface area contributed by atoms with Gasteiger partial charge in [-0.25, -0.2) is 0 Å². The van der Waals surface area contributed by atoms with Gasteiger partial charge in [-0.1, -0.05) is 250 Å². The Bertz CT molecular complexity index is 1090. The number of rotatable bonds is 49. The molecular formula is C57H109NO8. The number of unbranched alkanes of at least 4 members (excludes halogenated alkanes) is 37. The lowest BCUT2D eigenvalue weighted by atomic mass is 9.99. The minimum absolute atomic E-state index is 0.183. The molecular weight excluding hydrogens is 827 g/mol. The standard InChI is InChI=1S/C57H109NO8/c1-3-5-7-9-11-13-15-17-19-20-21-22-23-24-25-26-27-28-29-30-31-33-34-36-38-40-42-44-46-51(60)50(49-65-57-56(64)55(63)54(62)52(48-59)66-57)58-53(61)47-45-43-41-39-37-35-32-18-16-14-12-10-8-6-4-2/h18,32,44,46,50-52,54-57,59-60,62-64H,3-17,19-31,33-43,45,47-49H2,1-2H3,(H,58,61)/b32-18-,46-44+. The summed E-state index contributed by atoms with van der Waals surface area (Å²) < 4.78 is 11.3. The molecule has 0 aromatic heterocycles. The predicted molar refractivity (Wildman–Crippen MR) is 277 cm³/mol. The third-order valence-electron chi connectivity index (χ3n) is 13.8. The van der Waals surface area contributed by atoms with E-state index in [2.05, 4.69) is 31.3 Å². The lowest BCUT2D eigenvalue weighted by molar-refractivity contribution is -0.302. The van der Waals surface area contributed by atoms with Crippen molar-refractivity contribution in [2.45, 2.75) is 320 Å². The highest BCUT2D eigenvalue weighted by Crippen LogP contribution is 2.23. The van der Waals surface area contributed by atoms with Gasteiger partial charge in [-0.3, -0.25) is 4.79 Å². The van der Waals surface area contributed by atoms with Gasteiger partial charge in [0.2, 0.25) is 5.91 Å². The first-order valence-corrected chi connectivity index (χ1v) is 28.6. The first-order valence-electron chi connectivity index (χ1n) is 28.6. The van der Waals surface area contributed by atoms with Crippen LogP contribution in [0.15, 0.2) is 24.3 Å². The SMILES string of the molecule is CCCCCCCC/C=C\CCCCCCCC(=O)NC(COC1OC(CO)C(O)C(O)C1O)C(O)/C=C/CCCCCCCCCCCCCCCCCCCCCCCCCCCC. The van der Waals surface area contributed by atoms with Crippen molar-refractivity contribution in [3.05, 3.63) is 24.3 Å². The van der Waals surface area contributed by atoms with Crippen molar-refractivity contribution in [2.75, 3.05) is 13.2 Å². The van der Waals surface area contributed by atoms with Gasteiger partial charge in [-0.15, -0.1) is 0 Å². The number of amides is 1. The van der Waals surface area contributed by atoms with Crippen molar-refractivity contribution >= 4 is 5.91 Å². The Morgan fingerprint density at radius 1 is 0.500 bits per heavy atom. The van der Waals surface area contributed by atoms with Gasteiger partial charge in [0.1, 0.15) is 24.4 Å². The van der Waals surface area contributed by atoms with E-state index in [1.54, 1.807) is 6.08 Å². The molecule has 1 rings (SSSR count). The largest absolute Gasteiger partial charge is 0.394 e. The van der Waals surface area contributed by atoms with Crippen LogP contribution in [0.1, 0.15) is 277 Å². The monoisotopic (exact) mass is 936 g/mol. The highest BCUT2D eigenvalue weighted by atomic mass is 16.7. The van der Waals surface area contributed by atoms with Crippen LogP contribution in [0, 0.1) is 0 Å². The van der Waals surface area contributed by atoms with E-state index in [1.807, 2.05) is 6.08 Å². The second kappa shape index (κ2) is 47.4. The highest BCUT2D eigenvalue weighted by Gasteiger charge is 2.44. The summed E-state index contributed by atoms with van der Waals surface area (Å²) in [6.07, 6.45) is 52.5. The van der Waals surface area contributed by atoms with Crippen molar-refractivity contribution in [1.29, 1.82) is 0 Å². The Hall–Kier alpha value is -1.33. The van der Waals surface area contributed by atoms with E-state index >= 15 is 0 Å². The minimum atomic E-state index is -1.57. The van der Waals surface area contributed by atoms with E-state index in [0.717, 1.165) is 57.8 Å². The molecule has 0 aliphatic carbocycles. The molecule has 1 amide bonds. The maximum Gasteiger partial charge on any atom is 0.220 e. The molecule has 66 heavy (non-hydrogen) atoms. The summed E-state index contributed by atoms with van der Waals surface area (Å²) in [5, 5.41) is 54.4. The van der Waals surface area contributed by atoms with E-state index in [9.17, 15) is 30.3 Å². The molecule has 0 radical (unpaired) electrons. The normalized spacial score (nSPS) is 19.9. The summed E-state index contributed by atoms with van der Waals surface area (Å²) in [6.45, 7) is 3.79. The number of nitrogens with one attached hydrogen (secondary N) is 1. The molecule has 1 saturated heterocycles. The third kappa shape index (κ3) is 36.6. The van der Waals surface area contributed by atoms with Crippen molar-refractivity contribution in [2.24, 2.45) is 0 Å². The van der Waals surface area contributed by atoms with Gasteiger partial charge < -0.3 is 40.3 Å². The number of carbonyl (C=O) groups excluding carboxylic acids is 1. The molecule has 1 aliphatic heterocycles. The van der Waals surface area contributed by atoms with Crippen LogP contribution in [0.2, 0.25) is 0 Å². The smallest absolute Gasteiger partial charge is 0.220 e. The number of allylic oxidation sites excluding steroid dienone is 3. The lowest BCUT2D eigenvalue weighted by Crippen LogP contribution is -2.60. The number of carbonyl (C=O) groups is 1. The molecule has 0 bridgehead atoms. The van der Waals surface area contributed by atoms with E-state index < -0.39 is 49.5 Å². The quantitative estimate of drug-likeness (QED) is 0.0261. The molecule has 7 atom stereocenters. The van der Waals surface area contributed by atoms with Gasteiger partial charge in [0, 0.05) is 6.42 Å². The summed E-state index contributed by atoms with van der Waals surface area (Å²) in [7, 11) is 0. The van der Waals surface area contributed by atoms with Crippen LogP contribution in [0.25, 0.3) is 0 Å². The van der Waals surface area contributed by atoms with Crippen LogP contribution in [-0.4, -0.2) is 87.5 Å². The zero-order valence-electron chi connectivity index (χ0n) is 43.2. The second-order valence-electron chi connectivity index (χ2n) is 20.1. The fourth-order valence-corrected chi connectivity index (χ4v) is 9.21. The molecule has 1 aliphatic rings. The number of aliphatic hydroxyl groups excluding tert-OH is 5. The summed E-state index contributed by atoms with van der Waals surface area (Å²) in [5.74, 6) is -0.183. The molecule has 0 saturated carbocycles. The number of ether oxygens (including phenoxy) is 2. The summed E-state index contributed by atoms with van der Waals surface area (Å²) >= 11 is 0. The van der Waals surface area contributed by atoms with E-state index in [1.165, 1.54) is 199 Å². The molecule has 1 heterocycles. The van der Waals surface area contributed by atoms with Crippen LogP contribution in [-0.2, 0) is 14.3 Å². The lowest BCUT2D eigenvalue weighted by Gasteiger charge is -2.40. The fraction of sp³-hybridized carbons (Fsp3) is 0.912. The molecule has 0 spiro atoms. The van der Waals surface area contributed by atoms with Crippen LogP contribution in [0.3, 0.4) is 0 Å². The first-order chi connectivity index (χ1) is 32.3. The second-order valence-corrected chi connectivity index (χ2v) is 20.1. The number of aliphatic hydroxyl groups is 5. The average molecular weight is 936 g/mol. The van der Waals surface area contributed by atoms with Crippen molar-refractivity contribution < 1.29 is 39.8 Å². The van der Waals surface area contributed by atoms with Gasteiger partial charge in [0.15, 0.2) is 6.29 Å². The van der Waals surface area contributed by atoms with Gasteiger partial charge in [0.25, 0.3) is 0 Å². The van der Waals surface area contributed by atoms with Gasteiger partial charge in [0.05, 0.1) is 25.4 Å². The van der Waals surface area contributed by atoms with E-state index in [0.29, 0.717) is 6.42 Å². The van der Waals surface area contributed by atoms with E-state index in [-0.39, 0.29) is 12.5 Å². The third-order valence-corrected chi connectivity index (χ3v) is 13.8. The Balaban J connectivity index is 2.20. The average Bonchev–Trinajstić information content (AvgIpc) is 3.32. The maximum absolute atomic E-state index is 13.0. The summed E-state index contributed by atoms with van der Waals surface area (Å²) in [5.41, 5.74) is 0. The Morgan fingerprint density at radius 2 is 0.848 bits per heavy atom. The Kier molecular flexibility index (Phi) is 45.0. The zero-order valence-corrected chi connectivity index (χ0v) is 43.2. The molecule has 390 valence electrons. The molecule has 7 unspecified atom stereocenters. The topological polar surface area (TPSA) is 149 Å². The number of hydrogen-bond acceptors (Lipinski definition) is 8. The zero-order chi connectivity index (χ0) is 48.0. The predicted octanol–water partition coefficient (Wildman–Crippen LogP) is 13.8. The van der Waals surface area contributed by atoms with Gasteiger partial charge in [-0.2, -0.15) is 0 Å². The molecule has 9 nitrogen and oxygen atoms in total. The minimum Gasteiger partial charge on any atom is -0.394 e. The van der Waals surface area contributed by atoms with Crippen LogP contribution in [0.4, 0.5) is 0 Å². The van der Waals surface area contributed by atoms with Crippen molar-refractivity contribution in [3.8, 4) is 0 Å². The van der Waals surface area contributed by atoms with Crippen molar-refractivity contribution in [1.82, 2.24) is 5.32 Å². The highest BCUT2D eigenvalue weighted by molar-refractivity contribution is 5.76. The fourth-order valence-electron chi connectivity index (χ4n) is 9.21. The van der Waals surface area contributed by atoms with Crippen LogP contribution >= 0.6 is 0 Å². The molecule has 6 N–H and O–H groups in total. The Morgan fingerprint density at radius 3 is 1.23 bits per heavy atom. The van der Waals surface area contributed by atoms with Crippen molar-refractivity contribution in [3.63, 3.8) is 0 Å². The summed E-state index contributed by atoms with van der Waals surface area (Å²) in [4.78, 5) is 13.0. The summed E-state index contributed by atoms with van der Waals surface area (Å²) in [6, 6.07) is -0.807. The van der Waals surface area contributed by atoms with Gasteiger partial charge >= 0.3 is 0 Å². The molecule has 9 heteroatoms. The van der Waals surface area contributed by atoms with Crippen LogP contribution in [0.5, 0.6) is 0 Å². The van der Waals surface area contributed by atoms with Gasteiger partial charge in [-0.05, 0) is 44.9 Å². The van der Waals surface area contributed by atoms with E-state index in [4.69, 9.17) is 9.47 Å². The molecule has 0 aromatic carbocycles. The van der Waals surface area contributed by atoms with Crippen LogP contribution < -0.4 is 5.32 Å². The molecule has 1 fully saturated rings. The molecule has 0 aromatic rings. The maximum atomic E-state index is 13.0. The number of hydrogen-bond donors (Lipinski definition) is 6. The first kappa shape index (κ1) is 62.7.